The Morgan fingerprint density at radius 1 is 1.38 bits per heavy atom. The van der Waals surface area contributed by atoms with E-state index in [0.29, 0.717) is 6.61 Å². The zero-order chi connectivity index (χ0) is 12.2. The molecule has 16 heavy (non-hydrogen) atoms. The molecule has 0 spiro atoms. The standard InChI is InChI=1S/C13H22O3/c1-5-15-11(14)7-10-13(4)9-6-8-12(2,3)16-13/h7,10H,5-6,8-9H2,1-4H3/b10-7+/t13-/m1/s1. The second-order valence-corrected chi connectivity index (χ2v) is 5.11. The summed E-state index contributed by atoms with van der Waals surface area (Å²) in [6.07, 6.45) is 6.44. The van der Waals surface area contributed by atoms with Crippen LogP contribution < -0.4 is 0 Å². The van der Waals surface area contributed by atoms with Gasteiger partial charge in [0, 0.05) is 6.08 Å². The van der Waals surface area contributed by atoms with E-state index in [1.165, 1.54) is 6.08 Å². The van der Waals surface area contributed by atoms with Crippen molar-refractivity contribution >= 4 is 5.97 Å². The molecular formula is C13H22O3. The number of ether oxygens (including phenoxy) is 2. The molecule has 1 saturated heterocycles. The lowest BCUT2D eigenvalue weighted by Gasteiger charge is -2.41. The number of carbonyl (C=O) groups is 1. The van der Waals surface area contributed by atoms with Crippen LogP contribution in [0.5, 0.6) is 0 Å². The second-order valence-electron chi connectivity index (χ2n) is 5.11. The van der Waals surface area contributed by atoms with E-state index in [9.17, 15) is 4.79 Å². The fourth-order valence-corrected chi connectivity index (χ4v) is 2.15. The first-order valence-corrected chi connectivity index (χ1v) is 5.93. The van der Waals surface area contributed by atoms with Crippen molar-refractivity contribution in [3.05, 3.63) is 12.2 Å². The van der Waals surface area contributed by atoms with Gasteiger partial charge < -0.3 is 9.47 Å². The van der Waals surface area contributed by atoms with Gasteiger partial charge in [0.1, 0.15) is 0 Å². The van der Waals surface area contributed by atoms with Gasteiger partial charge in [0.2, 0.25) is 0 Å². The molecule has 0 amide bonds. The lowest BCUT2D eigenvalue weighted by Crippen LogP contribution is -2.42. The molecule has 1 aliphatic heterocycles. The molecular weight excluding hydrogens is 204 g/mol. The predicted octanol–water partition coefficient (Wildman–Crippen LogP) is 2.84. The van der Waals surface area contributed by atoms with Crippen LogP contribution in [0.1, 0.15) is 47.0 Å². The zero-order valence-corrected chi connectivity index (χ0v) is 10.7. The van der Waals surface area contributed by atoms with Crippen LogP contribution in [0.15, 0.2) is 12.2 Å². The van der Waals surface area contributed by atoms with Crippen LogP contribution in [-0.4, -0.2) is 23.8 Å². The molecule has 1 rings (SSSR count). The molecule has 0 aromatic heterocycles. The number of rotatable bonds is 3. The Balaban J connectivity index is 2.60. The summed E-state index contributed by atoms with van der Waals surface area (Å²) < 4.78 is 10.8. The highest BCUT2D eigenvalue weighted by molar-refractivity contribution is 5.82. The van der Waals surface area contributed by atoms with Crippen molar-refractivity contribution < 1.29 is 14.3 Å². The Morgan fingerprint density at radius 3 is 2.62 bits per heavy atom. The molecule has 0 saturated carbocycles. The maximum atomic E-state index is 11.2. The molecule has 0 aromatic carbocycles. The van der Waals surface area contributed by atoms with Crippen LogP contribution in [0.25, 0.3) is 0 Å². The SMILES string of the molecule is CCOC(=O)/C=C/[C@@]1(C)CCCC(C)(C)O1. The average Bonchev–Trinajstić information content (AvgIpc) is 2.13. The summed E-state index contributed by atoms with van der Waals surface area (Å²) in [6.45, 7) is 8.40. The molecule has 3 heteroatoms. The van der Waals surface area contributed by atoms with Gasteiger partial charge in [0.05, 0.1) is 17.8 Å². The van der Waals surface area contributed by atoms with Crippen molar-refractivity contribution in [1.29, 1.82) is 0 Å². The quantitative estimate of drug-likeness (QED) is 0.548. The lowest BCUT2D eigenvalue weighted by atomic mass is 9.88. The van der Waals surface area contributed by atoms with Crippen LogP contribution in [0.3, 0.4) is 0 Å². The van der Waals surface area contributed by atoms with Gasteiger partial charge in [-0.05, 0) is 53.0 Å². The first kappa shape index (κ1) is 13.2. The number of esters is 1. The average molecular weight is 226 g/mol. The van der Waals surface area contributed by atoms with Gasteiger partial charge in [0.25, 0.3) is 0 Å². The fourth-order valence-electron chi connectivity index (χ4n) is 2.15. The largest absolute Gasteiger partial charge is 0.463 e. The summed E-state index contributed by atoms with van der Waals surface area (Å²) in [4.78, 5) is 11.2. The van der Waals surface area contributed by atoms with Crippen LogP contribution >= 0.6 is 0 Å². The molecule has 0 unspecified atom stereocenters. The molecule has 0 aliphatic carbocycles. The smallest absolute Gasteiger partial charge is 0.330 e. The summed E-state index contributed by atoms with van der Waals surface area (Å²) in [5.41, 5.74) is -0.444. The van der Waals surface area contributed by atoms with Gasteiger partial charge >= 0.3 is 5.97 Å². The lowest BCUT2D eigenvalue weighted by molar-refractivity contribution is -0.143. The third kappa shape index (κ3) is 3.97. The van der Waals surface area contributed by atoms with Crippen molar-refractivity contribution in [2.45, 2.75) is 58.2 Å². The molecule has 0 bridgehead atoms. The number of carbonyl (C=O) groups excluding carboxylic acids is 1. The van der Waals surface area contributed by atoms with Crippen molar-refractivity contribution in [2.75, 3.05) is 6.61 Å². The van der Waals surface area contributed by atoms with E-state index in [4.69, 9.17) is 9.47 Å². The van der Waals surface area contributed by atoms with E-state index in [1.54, 1.807) is 6.92 Å². The minimum atomic E-state index is -0.339. The second kappa shape index (κ2) is 5.00. The van der Waals surface area contributed by atoms with Gasteiger partial charge in [-0.15, -0.1) is 0 Å². The highest BCUT2D eigenvalue weighted by atomic mass is 16.5. The van der Waals surface area contributed by atoms with Gasteiger partial charge in [-0.2, -0.15) is 0 Å². The fraction of sp³-hybridized carbons (Fsp3) is 0.769. The van der Waals surface area contributed by atoms with Crippen molar-refractivity contribution in [1.82, 2.24) is 0 Å². The third-order valence-electron chi connectivity index (χ3n) is 2.82. The first-order chi connectivity index (χ1) is 7.37. The Bertz CT molecular complexity index is 281. The monoisotopic (exact) mass is 226 g/mol. The molecule has 1 aliphatic rings. The molecule has 1 heterocycles. The highest BCUT2D eigenvalue weighted by Crippen LogP contribution is 2.35. The van der Waals surface area contributed by atoms with E-state index < -0.39 is 0 Å². The van der Waals surface area contributed by atoms with E-state index in [0.717, 1.165) is 19.3 Å². The topological polar surface area (TPSA) is 35.5 Å². The van der Waals surface area contributed by atoms with E-state index in [2.05, 4.69) is 13.8 Å². The summed E-state index contributed by atoms with van der Waals surface area (Å²) >= 11 is 0. The number of hydrogen-bond acceptors (Lipinski definition) is 3. The van der Waals surface area contributed by atoms with Crippen molar-refractivity contribution in [3.8, 4) is 0 Å². The zero-order valence-electron chi connectivity index (χ0n) is 10.7. The molecule has 1 fully saturated rings. The maximum Gasteiger partial charge on any atom is 0.330 e. The molecule has 92 valence electrons. The highest BCUT2D eigenvalue weighted by Gasteiger charge is 2.35. The molecule has 3 nitrogen and oxygen atoms in total. The van der Waals surface area contributed by atoms with Crippen LogP contribution in [0, 0.1) is 0 Å². The summed E-state index contributed by atoms with van der Waals surface area (Å²) in [5.74, 6) is -0.296. The van der Waals surface area contributed by atoms with Crippen molar-refractivity contribution in [2.24, 2.45) is 0 Å². The predicted molar refractivity (Wildman–Crippen MR) is 63.2 cm³/mol. The van der Waals surface area contributed by atoms with Gasteiger partial charge in [0.15, 0.2) is 0 Å². The number of hydrogen-bond donors (Lipinski definition) is 0. The summed E-state index contributed by atoms with van der Waals surface area (Å²) in [7, 11) is 0. The van der Waals surface area contributed by atoms with Crippen LogP contribution in [-0.2, 0) is 14.3 Å². The molecule has 1 atom stereocenters. The maximum absolute atomic E-state index is 11.2. The summed E-state index contributed by atoms with van der Waals surface area (Å²) in [6, 6.07) is 0. The van der Waals surface area contributed by atoms with E-state index >= 15 is 0 Å². The summed E-state index contributed by atoms with van der Waals surface area (Å²) in [5, 5.41) is 0. The van der Waals surface area contributed by atoms with Gasteiger partial charge in [-0.25, -0.2) is 4.79 Å². The van der Waals surface area contributed by atoms with E-state index in [1.807, 2.05) is 13.0 Å². The Labute approximate surface area is 97.8 Å². The van der Waals surface area contributed by atoms with Crippen molar-refractivity contribution in [3.63, 3.8) is 0 Å². The Morgan fingerprint density at radius 2 is 2.06 bits per heavy atom. The molecule has 0 N–H and O–H groups in total. The van der Waals surface area contributed by atoms with Gasteiger partial charge in [-0.1, -0.05) is 0 Å². The first-order valence-electron chi connectivity index (χ1n) is 5.93. The Hall–Kier alpha value is -0.830. The van der Waals surface area contributed by atoms with Gasteiger partial charge in [-0.3, -0.25) is 0 Å². The van der Waals surface area contributed by atoms with E-state index in [-0.39, 0.29) is 17.2 Å². The van der Waals surface area contributed by atoms with Crippen LogP contribution in [0.2, 0.25) is 0 Å². The molecule has 0 aromatic rings. The van der Waals surface area contributed by atoms with Crippen LogP contribution in [0.4, 0.5) is 0 Å². The molecule has 0 radical (unpaired) electrons. The normalized spacial score (nSPS) is 29.2. The minimum absolute atomic E-state index is 0.105. The third-order valence-corrected chi connectivity index (χ3v) is 2.82. The minimum Gasteiger partial charge on any atom is -0.463 e. The Kier molecular flexibility index (Phi) is 4.14.